The summed E-state index contributed by atoms with van der Waals surface area (Å²) in [5, 5.41) is 0. The van der Waals surface area contributed by atoms with Crippen molar-refractivity contribution in [1.29, 1.82) is 0 Å². The van der Waals surface area contributed by atoms with Gasteiger partial charge in [0, 0.05) is 37.3 Å². The van der Waals surface area contributed by atoms with Gasteiger partial charge in [0.25, 0.3) is 5.91 Å². The molecule has 1 aromatic carbocycles. The van der Waals surface area contributed by atoms with Crippen molar-refractivity contribution >= 4 is 23.1 Å². The maximum Gasteiger partial charge on any atom is 0.416 e. The van der Waals surface area contributed by atoms with Crippen molar-refractivity contribution in [2.75, 3.05) is 13.6 Å². The summed E-state index contributed by atoms with van der Waals surface area (Å²) in [5.41, 5.74) is 3.93. The van der Waals surface area contributed by atoms with Gasteiger partial charge >= 0.3 is 12.4 Å². The number of alkyl halides is 7. The van der Waals surface area contributed by atoms with Gasteiger partial charge in [-0.2, -0.15) is 26.3 Å². The van der Waals surface area contributed by atoms with Crippen molar-refractivity contribution in [3.8, 4) is 0 Å². The lowest BCUT2D eigenvalue weighted by molar-refractivity contribution is -0.143. The second-order valence-corrected chi connectivity index (χ2v) is 8.41. The molecule has 0 spiro atoms. The minimum atomic E-state index is -5.07. The zero-order valence-electron chi connectivity index (χ0n) is 17.8. The van der Waals surface area contributed by atoms with E-state index in [2.05, 4.69) is 4.98 Å². The number of hydrogen-bond donors (Lipinski definition) is 1. The van der Waals surface area contributed by atoms with Gasteiger partial charge in [0.05, 0.1) is 11.1 Å². The Morgan fingerprint density at radius 1 is 1.12 bits per heavy atom. The molecule has 1 aliphatic rings. The van der Waals surface area contributed by atoms with Crippen molar-refractivity contribution in [2.24, 2.45) is 5.73 Å². The lowest BCUT2D eigenvalue weighted by Crippen LogP contribution is -2.44. The largest absolute Gasteiger partial charge is 0.416 e. The summed E-state index contributed by atoms with van der Waals surface area (Å²) in [5.74, 6) is -1.08. The lowest BCUT2D eigenvalue weighted by atomic mass is 9.96. The van der Waals surface area contributed by atoms with Crippen LogP contribution in [0.4, 0.5) is 26.3 Å². The maximum atomic E-state index is 13.2. The Morgan fingerprint density at radius 3 is 2.18 bits per heavy atom. The van der Waals surface area contributed by atoms with Crippen LogP contribution in [0.5, 0.6) is 0 Å². The standard InChI is InChI=1S/C23H20ClF6N3O/c1-33(20(34)16-10-17(22(25,26)27)12-18(11-16)23(28,29)30)21(24)7-4-14(5-8-21)15-2-3-19(6-9-31)32-13-15/h2-5,7,10-13H,6,8-9,31H2,1H3/t21-/m0/s1. The minimum absolute atomic E-state index is 0.0321. The molecule has 1 atom stereocenters. The van der Waals surface area contributed by atoms with E-state index in [1.54, 1.807) is 18.3 Å². The molecule has 11 heteroatoms. The normalized spacial score (nSPS) is 18.6. The molecule has 2 aromatic rings. The molecule has 0 radical (unpaired) electrons. The average molecular weight is 504 g/mol. The third kappa shape index (κ3) is 5.61. The number of likely N-dealkylation sites (N-methyl/N-ethyl adjacent to an activating group) is 1. The van der Waals surface area contributed by atoms with E-state index in [0.29, 0.717) is 25.1 Å². The first-order valence-corrected chi connectivity index (χ1v) is 10.4. The van der Waals surface area contributed by atoms with E-state index >= 15 is 0 Å². The first-order valence-electron chi connectivity index (χ1n) is 10.1. The number of benzene rings is 1. The highest BCUT2D eigenvalue weighted by Gasteiger charge is 2.39. The smallest absolute Gasteiger partial charge is 0.330 e. The number of halogens is 7. The van der Waals surface area contributed by atoms with Gasteiger partial charge in [-0.15, -0.1) is 0 Å². The van der Waals surface area contributed by atoms with Gasteiger partial charge in [0.1, 0.15) is 5.00 Å². The van der Waals surface area contributed by atoms with Gasteiger partial charge in [-0.25, -0.2) is 0 Å². The van der Waals surface area contributed by atoms with Crippen LogP contribution in [0.2, 0.25) is 0 Å². The number of hydrogen-bond acceptors (Lipinski definition) is 3. The van der Waals surface area contributed by atoms with E-state index < -0.39 is 39.9 Å². The van der Waals surface area contributed by atoms with E-state index in [4.69, 9.17) is 17.3 Å². The van der Waals surface area contributed by atoms with Gasteiger partial charge in [0.15, 0.2) is 0 Å². The lowest BCUT2D eigenvalue weighted by Gasteiger charge is -2.35. The summed E-state index contributed by atoms with van der Waals surface area (Å²) in [4.78, 5) is 16.6. The van der Waals surface area contributed by atoms with Gasteiger partial charge < -0.3 is 10.6 Å². The van der Waals surface area contributed by atoms with Gasteiger partial charge in [-0.1, -0.05) is 29.8 Å². The zero-order chi connectivity index (χ0) is 25.3. The highest BCUT2D eigenvalue weighted by Crippen LogP contribution is 2.38. The second-order valence-electron chi connectivity index (χ2n) is 7.75. The third-order valence-electron chi connectivity index (χ3n) is 5.38. The molecule has 0 aliphatic heterocycles. The van der Waals surface area contributed by atoms with Gasteiger partial charge in [-0.3, -0.25) is 9.78 Å². The highest BCUT2D eigenvalue weighted by molar-refractivity contribution is 6.26. The second kappa shape index (κ2) is 9.42. The molecular weight excluding hydrogens is 484 g/mol. The molecule has 1 aliphatic carbocycles. The summed E-state index contributed by atoms with van der Waals surface area (Å²) < 4.78 is 78.9. The number of nitrogens with two attached hydrogens (primary N) is 1. The Balaban J connectivity index is 1.85. The number of amides is 1. The zero-order valence-corrected chi connectivity index (χ0v) is 18.6. The fourth-order valence-electron chi connectivity index (χ4n) is 3.40. The molecule has 0 bridgehead atoms. The van der Waals surface area contributed by atoms with Crippen LogP contribution in [0.15, 0.2) is 54.8 Å². The molecule has 1 heterocycles. The third-order valence-corrected chi connectivity index (χ3v) is 5.92. The van der Waals surface area contributed by atoms with Crippen molar-refractivity contribution in [3.05, 3.63) is 82.7 Å². The maximum absolute atomic E-state index is 13.2. The summed E-state index contributed by atoms with van der Waals surface area (Å²) in [6, 6.07) is 4.40. The van der Waals surface area contributed by atoms with E-state index in [0.717, 1.165) is 21.7 Å². The fraction of sp³-hybridized carbons (Fsp3) is 0.304. The number of allylic oxidation sites excluding steroid dienone is 2. The van der Waals surface area contributed by atoms with Gasteiger partial charge in [-0.05, 0) is 48.0 Å². The molecular formula is C23H20ClF6N3O. The molecule has 4 nitrogen and oxygen atoms in total. The van der Waals surface area contributed by atoms with E-state index in [9.17, 15) is 31.1 Å². The SMILES string of the molecule is CN(C(=O)c1cc(C(F)(F)F)cc(C(F)(F)F)c1)[C@@]1(Cl)C=CC(c2ccc(CCN)nc2)=CC1. The number of rotatable bonds is 5. The molecule has 34 heavy (non-hydrogen) atoms. The highest BCUT2D eigenvalue weighted by atomic mass is 35.5. The predicted octanol–water partition coefficient (Wildman–Crippen LogP) is 5.67. The van der Waals surface area contributed by atoms with Crippen LogP contribution in [-0.2, 0) is 18.8 Å². The Morgan fingerprint density at radius 2 is 1.74 bits per heavy atom. The van der Waals surface area contributed by atoms with Crippen molar-refractivity contribution < 1.29 is 31.1 Å². The van der Waals surface area contributed by atoms with Crippen molar-refractivity contribution in [1.82, 2.24) is 9.88 Å². The molecule has 3 rings (SSSR count). The predicted molar refractivity (Wildman–Crippen MR) is 116 cm³/mol. The van der Waals surface area contributed by atoms with Crippen LogP contribution in [-0.4, -0.2) is 34.4 Å². The fourth-order valence-corrected chi connectivity index (χ4v) is 3.62. The molecule has 0 saturated carbocycles. The first kappa shape index (κ1) is 25.8. The Labute approximate surface area is 196 Å². The van der Waals surface area contributed by atoms with Crippen LogP contribution >= 0.6 is 11.6 Å². The number of pyridine rings is 1. The van der Waals surface area contributed by atoms with Crippen molar-refractivity contribution in [3.63, 3.8) is 0 Å². The topological polar surface area (TPSA) is 59.2 Å². The monoisotopic (exact) mass is 503 g/mol. The summed E-state index contributed by atoms with van der Waals surface area (Å²) in [6.45, 7) is 0.459. The van der Waals surface area contributed by atoms with E-state index in [1.807, 2.05) is 12.1 Å². The van der Waals surface area contributed by atoms with Crippen LogP contribution in [0.1, 0.15) is 39.2 Å². The molecule has 0 fully saturated rings. The molecule has 2 N–H and O–H groups in total. The molecule has 0 unspecified atom stereocenters. The number of nitrogens with zero attached hydrogens (tertiary/aromatic N) is 2. The Hall–Kier alpha value is -2.85. The minimum Gasteiger partial charge on any atom is -0.330 e. The van der Waals surface area contributed by atoms with Gasteiger partial charge in [0.2, 0.25) is 0 Å². The first-order chi connectivity index (χ1) is 15.7. The number of carbonyl (C=O) groups excluding carboxylic acids is 1. The quantitative estimate of drug-likeness (QED) is 0.325. The molecule has 182 valence electrons. The number of aromatic nitrogens is 1. The van der Waals surface area contributed by atoms with Crippen LogP contribution in [0, 0.1) is 0 Å². The van der Waals surface area contributed by atoms with Crippen LogP contribution in [0.25, 0.3) is 5.57 Å². The van der Waals surface area contributed by atoms with Crippen molar-refractivity contribution in [2.45, 2.75) is 30.2 Å². The summed E-state index contributed by atoms with van der Waals surface area (Å²) in [6.07, 6.45) is -2.99. The summed E-state index contributed by atoms with van der Waals surface area (Å²) >= 11 is 6.55. The number of carbonyl (C=O) groups is 1. The van der Waals surface area contributed by atoms with Crippen LogP contribution < -0.4 is 5.73 Å². The van der Waals surface area contributed by atoms with E-state index in [1.165, 1.54) is 13.1 Å². The molecule has 0 saturated heterocycles. The van der Waals surface area contributed by atoms with E-state index in [-0.39, 0.29) is 12.5 Å². The van der Waals surface area contributed by atoms with Crippen LogP contribution in [0.3, 0.4) is 0 Å². The molecule has 1 aromatic heterocycles. The summed E-state index contributed by atoms with van der Waals surface area (Å²) in [7, 11) is 1.22. The Bertz CT molecular complexity index is 1090. The average Bonchev–Trinajstić information content (AvgIpc) is 2.78. The Kier molecular flexibility index (Phi) is 7.14. The molecule has 1 amide bonds.